The number of sulfonamides is 1. The molecule has 1 saturated heterocycles. The van der Waals surface area contributed by atoms with Gasteiger partial charge in [-0.25, -0.2) is 12.7 Å². The number of piperidine rings is 1. The van der Waals surface area contributed by atoms with E-state index in [2.05, 4.69) is 0 Å². The average Bonchev–Trinajstić information content (AvgIpc) is 2.53. The number of hydrogen-bond acceptors (Lipinski definition) is 4. The molecule has 1 aliphatic rings. The van der Waals surface area contributed by atoms with Crippen molar-refractivity contribution in [3.63, 3.8) is 0 Å². The minimum atomic E-state index is -3.18. The summed E-state index contributed by atoms with van der Waals surface area (Å²) < 4.78 is 25.3. The SMILES string of the molecule is CCS(=O)(=O)N(C)C1CCN(C(=O)c2cccc(N)c2)CC1. The Labute approximate surface area is 131 Å². The summed E-state index contributed by atoms with van der Waals surface area (Å²) in [5.41, 5.74) is 6.85. The summed E-state index contributed by atoms with van der Waals surface area (Å²) in [5, 5.41) is 0. The van der Waals surface area contributed by atoms with Gasteiger partial charge in [0.15, 0.2) is 0 Å². The molecule has 1 aromatic rings. The van der Waals surface area contributed by atoms with E-state index >= 15 is 0 Å². The van der Waals surface area contributed by atoms with E-state index in [1.54, 1.807) is 43.1 Å². The van der Waals surface area contributed by atoms with Crippen LogP contribution < -0.4 is 5.73 Å². The van der Waals surface area contributed by atoms with Crippen molar-refractivity contribution in [1.82, 2.24) is 9.21 Å². The second-order valence-electron chi connectivity index (χ2n) is 5.57. The van der Waals surface area contributed by atoms with E-state index in [4.69, 9.17) is 5.73 Å². The third-order valence-electron chi connectivity index (χ3n) is 4.20. The lowest BCUT2D eigenvalue weighted by molar-refractivity contribution is 0.0686. The van der Waals surface area contributed by atoms with E-state index in [1.165, 1.54) is 4.31 Å². The molecule has 0 aromatic heterocycles. The monoisotopic (exact) mass is 325 g/mol. The molecule has 22 heavy (non-hydrogen) atoms. The summed E-state index contributed by atoms with van der Waals surface area (Å²) >= 11 is 0. The van der Waals surface area contributed by atoms with Crippen molar-refractivity contribution in [2.45, 2.75) is 25.8 Å². The van der Waals surface area contributed by atoms with Gasteiger partial charge in [-0.15, -0.1) is 0 Å². The number of carbonyl (C=O) groups is 1. The second-order valence-corrected chi connectivity index (χ2v) is 7.88. The van der Waals surface area contributed by atoms with Gasteiger partial charge in [0.25, 0.3) is 5.91 Å². The maximum atomic E-state index is 12.4. The van der Waals surface area contributed by atoms with E-state index in [-0.39, 0.29) is 17.7 Å². The molecule has 0 atom stereocenters. The highest BCUT2D eigenvalue weighted by Gasteiger charge is 2.30. The Kier molecular flexibility index (Phi) is 5.08. The Hall–Kier alpha value is -1.60. The van der Waals surface area contributed by atoms with Crippen LogP contribution in [0.2, 0.25) is 0 Å². The van der Waals surface area contributed by atoms with Crippen molar-refractivity contribution in [1.29, 1.82) is 0 Å². The highest BCUT2D eigenvalue weighted by Crippen LogP contribution is 2.20. The molecule has 1 aromatic carbocycles. The van der Waals surface area contributed by atoms with Crippen LogP contribution in [0.5, 0.6) is 0 Å². The fourth-order valence-electron chi connectivity index (χ4n) is 2.72. The summed E-state index contributed by atoms with van der Waals surface area (Å²) in [7, 11) is -1.56. The van der Waals surface area contributed by atoms with Gasteiger partial charge in [-0.2, -0.15) is 0 Å². The molecule has 0 saturated carbocycles. The molecule has 0 radical (unpaired) electrons. The third-order valence-corrected chi connectivity index (χ3v) is 6.11. The van der Waals surface area contributed by atoms with Crippen molar-refractivity contribution in [2.24, 2.45) is 0 Å². The van der Waals surface area contributed by atoms with Gasteiger partial charge in [0.05, 0.1) is 5.75 Å². The van der Waals surface area contributed by atoms with Gasteiger partial charge in [0.1, 0.15) is 0 Å². The van der Waals surface area contributed by atoms with Gasteiger partial charge in [-0.3, -0.25) is 4.79 Å². The van der Waals surface area contributed by atoms with E-state index < -0.39 is 10.0 Å². The van der Waals surface area contributed by atoms with Crippen LogP contribution in [0.25, 0.3) is 0 Å². The standard InChI is InChI=1S/C15H23N3O3S/c1-3-22(20,21)17(2)14-7-9-18(10-8-14)15(19)12-5-4-6-13(16)11-12/h4-6,11,14H,3,7-10,16H2,1-2H3. The van der Waals surface area contributed by atoms with Gasteiger partial charge in [0, 0.05) is 37.4 Å². The first-order valence-corrected chi connectivity index (χ1v) is 9.06. The molecule has 1 heterocycles. The molecular formula is C15H23N3O3S. The van der Waals surface area contributed by atoms with Gasteiger partial charge in [-0.1, -0.05) is 6.07 Å². The van der Waals surface area contributed by atoms with Crippen molar-refractivity contribution in [2.75, 3.05) is 31.6 Å². The van der Waals surface area contributed by atoms with Crippen molar-refractivity contribution in [3.8, 4) is 0 Å². The minimum Gasteiger partial charge on any atom is -0.399 e. The van der Waals surface area contributed by atoms with Crippen LogP contribution in [0.3, 0.4) is 0 Å². The fraction of sp³-hybridized carbons (Fsp3) is 0.533. The predicted molar refractivity (Wildman–Crippen MR) is 87.0 cm³/mol. The van der Waals surface area contributed by atoms with Crippen LogP contribution in [0.1, 0.15) is 30.1 Å². The predicted octanol–water partition coefficient (Wildman–Crippen LogP) is 1.15. The largest absolute Gasteiger partial charge is 0.399 e. The highest BCUT2D eigenvalue weighted by molar-refractivity contribution is 7.89. The summed E-state index contributed by atoms with van der Waals surface area (Å²) in [6.07, 6.45) is 1.31. The lowest BCUT2D eigenvalue weighted by Gasteiger charge is -2.36. The first kappa shape index (κ1) is 16.8. The molecule has 1 aliphatic heterocycles. The lowest BCUT2D eigenvalue weighted by atomic mass is 10.0. The number of benzene rings is 1. The number of carbonyl (C=O) groups excluding carboxylic acids is 1. The normalized spacial score (nSPS) is 17.0. The molecule has 1 amide bonds. The summed E-state index contributed by atoms with van der Waals surface area (Å²) in [6.45, 7) is 2.76. The summed E-state index contributed by atoms with van der Waals surface area (Å²) in [4.78, 5) is 14.2. The second kappa shape index (κ2) is 6.66. The molecule has 0 bridgehead atoms. The van der Waals surface area contributed by atoms with E-state index in [9.17, 15) is 13.2 Å². The fourth-order valence-corrected chi connectivity index (χ4v) is 3.79. The summed E-state index contributed by atoms with van der Waals surface area (Å²) in [6, 6.07) is 6.89. The highest BCUT2D eigenvalue weighted by atomic mass is 32.2. The molecule has 6 nitrogen and oxygen atoms in total. The average molecular weight is 325 g/mol. The maximum absolute atomic E-state index is 12.4. The number of hydrogen-bond donors (Lipinski definition) is 1. The Morgan fingerprint density at radius 3 is 2.55 bits per heavy atom. The van der Waals surface area contributed by atoms with E-state index in [1.807, 2.05) is 0 Å². The zero-order valence-corrected chi connectivity index (χ0v) is 13.8. The van der Waals surface area contributed by atoms with E-state index in [0.29, 0.717) is 37.2 Å². The van der Waals surface area contributed by atoms with Gasteiger partial charge >= 0.3 is 0 Å². The summed E-state index contributed by atoms with van der Waals surface area (Å²) in [5.74, 6) is 0.0538. The van der Waals surface area contributed by atoms with Crippen molar-refractivity contribution in [3.05, 3.63) is 29.8 Å². The quantitative estimate of drug-likeness (QED) is 0.842. The van der Waals surface area contributed by atoms with Gasteiger partial charge < -0.3 is 10.6 Å². The van der Waals surface area contributed by atoms with Crippen LogP contribution in [-0.4, -0.2) is 55.5 Å². The molecule has 122 valence electrons. The lowest BCUT2D eigenvalue weighted by Crippen LogP contribution is -2.47. The smallest absolute Gasteiger partial charge is 0.253 e. The zero-order valence-electron chi connectivity index (χ0n) is 13.0. The Morgan fingerprint density at radius 2 is 2.00 bits per heavy atom. The Bertz CT molecular complexity index is 637. The van der Waals surface area contributed by atoms with Crippen LogP contribution >= 0.6 is 0 Å². The number of rotatable bonds is 4. The minimum absolute atomic E-state index is 0.0326. The zero-order chi connectivity index (χ0) is 16.3. The molecule has 1 fully saturated rings. The number of likely N-dealkylation sites (tertiary alicyclic amines) is 1. The van der Waals surface area contributed by atoms with Crippen LogP contribution in [0, 0.1) is 0 Å². The number of anilines is 1. The van der Waals surface area contributed by atoms with Gasteiger partial charge in [-0.05, 0) is 38.0 Å². The number of amides is 1. The molecule has 2 rings (SSSR count). The molecule has 0 spiro atoms. The molecular weight excluding hydrogens is 302 g/mol. The van der Waals surface area contributed by atoms with Crippen LogP contribution in [-0.2, 0) is 10.0 Å². The maximum Gasteiger partial charge on any atom is 0.253 e. The number of nitrogens with two attached hydrogens (primary N) is 1. The Balaban J connectivity index is 1.99. The van der Waals surface area contributed by atoms with Crippen molar-refractivity contribution < 1.29 is 13.2 Å². The molecule has 0 unspecified atom stereocenters. The molecule has 7 heteroatoms. The van der Waals surface area contributed by atoms with Crippen LogP contribution in [0.15, 0.2) is 24.3 Å². The Morgan fingerprint density at radius 1 is 1.36 bits per heavy atom. The topological polar surface area (TPSA) is 83.7 Å². The van der Waals surface area contributed by atoms with Crippen LogP contribution in [0.4, 0.5) is 5.69 Å². The molecule has 2 N–H and O–H groups in total. The number of nitrogen functional groups attached to an aromatic ring is 1. The van der Waals surface area contributed by atoms with E-state index in [0.717, 1.165) is 0 Å². The number of nitrogens with zero attached hydrogens (tertiary/aromatic N) is 2. The first-order chi connectivity index (χ1) is 10.3. The third kappa shape index (κ3) is 3.59. The molecule has 0 aliphatic carbocycles. The van der Waals surface area contributed by atoms with Gasteiger partial charge in [0.2, 0.25) is 10.0 Å². The van der Waals surface area contributed by atoms with Crippen molar-refractivity contribution >= 4 is 21.6 Å². The first-order valence-electron chi connectivity index (χ1n) is 7.45.